The van der Waals surface area contributed by atoms with E-state index < -0.39 is 5.95 Å². The van der Waals surface area contributed by atoms with Crippen LogP contribution in [0.4, 0.5) is 4.39 Å². The first-order chi connectivity index (χ1) is 9.81. The first-order valence-electron chi connectivity index (χ1n) is 7.13. The Morgan fingerprint density at radius 1 is 1.20 bits per heavy atom. The molecule has 2 aromatic rings. The van der Waals surface area contributed by atoms with Crippen LogP contribution in [-0.2, 0) is 0 Å². The second kappa shape index (κ2) is 4.63. The van der Waals surface area contributed by atoms with Crippen molar-refractivity contribution in [3.63, 3.8) is 0 Å². The molecular formula is C16H16FN3. The molecule has 2 aromatic heterocycles. The van der Waals surface area contributed by atoms with Crippen molar-refractivity contribution < 1.29 is 4.39 Å². The number of rotatable bonds is 2. The van der Waals surface area contributed by atoms with E-state index in [1.165, 1.54) is 12.8 Å². The third kappa shape index (κ3) is 1.91. The van der Waals surface area contributed by atoms with Crippen molar-refractivity contribution in [2.24, 2.45) is 0 Å². The molecule has 20 heavy (non-hydrogen) atoms. The van der Waals surface area contributed by atoms with Crippen LogP contribution in [-0.4, -0.2) is 22.1 Å². The normalized spacial score (nSPS) is 27.9. The third-order valence-corrected chi connectivity index (χ3v) is 4.58. The molecule has 2 aliphatic heterocycles. The predicted octanol–water partition coefficient (Wildman–Crippen LogP) is 2.89. The lowest BCUT2D eigenvalue weighted by atomic mass is 9.84. The van der Waals surface area contributed by atoms with Crippen LogP contribution in [0.3, 0.4) is 0 Å². The van der Waals surface area contributed by atoms with Gasteiger partial charge in [-0.3, -0.25) is 4.98 Å². The number of nitrogens with zero attached hydrogens (tertiary/aromatic N) is 2. The summed E-state index contributed by atoms with van der Waals surface area (Å²) < 4.78 is 14.0. The molecule has 0 amide bonds. The van der Waals surface area contributed by atoms with Gasteiger partial charge in [-0.05, 0) is 48.6 Å². The number of nitrogens with one attached hydrogen (secondary N) is 1. The summed E-state index contributed by atoms with van der Waals surface area (Å²) in [6.45, 7) is 0. The molecule has 1 N–H and O–H groups in total. The molecule has 3 nitrogen and oxygen atoms in total. The highest BCUT2D eigenvalue weighted by atomic mass is 19.1. The molecule has 2 bridgehead atoms. The molecule has 0 spiro atoms. The standard InChI is InChI=1S/C16H16FN3/c17-16-14(10-3-5-18-6-4-10)7-11(9-19-16)13-8-12-1-2-15(13)20-12/h3-7,9,12-13,15,20H,1-2,8H2/t12?,13-,15-/m0/s1. The van der Waals surface area contributed by atoms with Gasteiger partial charge in [-0.25, -0.2) is 4.98 Å². The summed E-state index contributed by atoms with van der Waals surface area (Å²) in [7, 11) is 0. The highest BCUT2D eigenvalue weighted by Gasteiger charge is 2.39. The van der Waals surface area contributed by atoms with E-state index >= 15 is 0 Å². The molecule has 4 heteroatoms. The van der Waals surface area contributed by atoms with Crippen LogP contribution in [0.5, 0.6) is 0 Å². The summed E-state index contributed by atoms with van der Waals surface area (Å²) in [6.07, 6.45) is 8.70. The largest absolute Gasteiger partial charge is 0.311 e. The quantitative estimate of drug-likeness (QED) is 0.852. The molecule has 2 saturated heterocycles. The number of aromatic nitrogens is 2. The van der Waals surface area contributed by atoms with Gasteiger partial charge in [0.05, 0.1) is 0 Å². The maximum Gasteiger partial charge on any atom is 0.220 e. The maximum atomic E-state index is 14.0. The van der Waals surface area contributed by atoms with Crippen molar-refractivity contribution in [3.05, 3.63) is 48.3 Å². The number of fused-ring (bicyclic) bond motifs is 2. The van der Waals surface area contributed by atoms with Crippen LogP contribution in [0, 0.1) is 5.95 Å². The van der Waals surface area contributed by atoms with Gasteiger partial charge in [0, 0.05) is 42.2 Å². The summed E-state index contributed by atoms with van der Waals surface area (Å²) in [5.74, 6) is 0.0681. The van der Waals surface area contributed by atoms with Crippen LogP contribution in [0.1, 0.15) is 30.7 Å². The monoisotopic (exact) mass is 269 g/mol. The molecular weight excluding hydrogens is 253 g/mol. The van der Waals surface area contributed by atoms with Crippen LogP contribution in [0.15, 0.2) is 36.8 Å². The minimum Gasteiger partial charge on any atom is -0.311 e. The highest BCUT2D eigenvalue weighted by Crippen LogP contribution is 2.40. The van der Waals surface area contributed by atoms with Crippen molar-refractivity contribution in [1.82, 2.24) is 15.3 Å². The van der Waals surface area contributed by atoms with Crippen molar-refractivity contribution in [2.75, 3.05) is 0 Å². The van der Waals surface area contributed by atoms with Gasteiger partial charge >= 0.3 is 0 Å². The Kier molecular flexibility index (Phi) is 2.77. The predicted molar refractivity (Wildman–Crippen MR) is 74.7 cm³/mol. The fraction of sp³-hybridized carbons (Fsp3) is 0.375. The maximum absolute atomic E-state index is 14.0. The van der Waals surface area contributed by atoms with Crippen LogP contribution in [0.25, 0.3) is 11.1 Å². The molecule has 2 fully saturated rings. The topological polar surface area (TPSA) is 37.8 Å². The van der Waals surface area contributed by atoms with Gasteiger partial charge < -0.3 is 5.32 Å². The summed E-state index contributed by atoms with van der Waals surface area (Å²) in [4.78, 5) is 7.95. The zero-order chi connectivity index (χ0) is 13.5. The molecule has 102 valence electrons. The number of hydrogen-bond donors (Lipinski definition) is 1. The summed E-state index contributed by atoms with van der Waals surface area (Å²) in [5, 5.41) is 3.62. The molecule has 4 rings (SSSR count). The zero-order valence-electron chi connectivity index (χ0n) is 11.1. The minimum atomic E-state index is -0.406. The van der Waals surface area contributed by atoms with Gasteiger partial charge in [0.2, 0.25) is 5.95 Å². The Hall–Kier alpha value is -1.81. The molecule has 0 aliphatic carbocycles. The van der Waals surface area contributed by atoms with E-state index in [0.717, 1.165) is 17.5 Å². The SMILES string of the molecule is Fc1ncc([C@@H]2CC3CC[C@@H]2N3)cc1-c1ccncc1. The lowest BCUT2D eigenvalue weighted by molar-refractivity contribution is 0.502. The first kappa shape index (κ1) is 12.0. The molecule has 3 atom stereocenters. The van der Waals surface area contributed by atoms with Gasteiger partial charge in [-0.2, -0.15) is 4.39 Å². The van der Waals surface area contributed by atoms with Gasteiger partial charge in [-0.1, -0.05) is 0 Å². The average Bonchev–Trinajstić information content (AvgIpc) is 3.11. The Balaban J connectivity index is 1.72. The third-order valence-electron chi connectivity index (χ3n) is 4.58. The van der Waals surface area contributed by atoms with E-state index in [0.29, 0.717) is 23.6 Å². The van der Waals surface area contributed by atoms with Crippen molar-refractivity contribution in [1.29, 1.82) is 0 Å². The summed E-state index contributed by atoms with van der Waals surface area (Å²) in [6, 6.07) is 6.79. The Morgan fingerprint density at radius 2 is 2.05 bits per heavy atom. The Morgan fingerprint density at radius 3 is 2.75 bits per heavy atom. The number of pyridine rings is 2. The fourth-order valence-electron chi connectivity index (χ4n) is 3.59. The second-order valence-corrected chi connectivity index (χ2v) is 5.73. The molecule has 0 radical (unpaired) electrons. The van der Waals surface area contributed by atoms with E-state index in [4.69, 9.17) is 0 Å². The molecule has 4 heterocycles. The summed E-state index contributed by atoms with van der Waals surface area (Å²) in [5.41, 5.74) is 2.56. The smallest absolute Gasteiger partial charge is 0.220 e. The van der Waals surface area contributed by atoms with Gasteiger partial charge in [0.25, 0.3) is 0 Å². The minimum absolute atomic E-state index is 0.406. The lowest BCUT2D eigenvalue weighted by Crippen LogP contribution is -2.21. The Bertz CT molecular complexity index is 629. The molecule has 0 saturated carbocycles. The highest BCUT2D eigenvalue weighted by molar-refractivity contribution is 5.63. The van der Waals surface area contributed by atoms with E-state index in [9.17, 15) is 4.39 Å². The van der Waals surface area contributed by atoms with E-state index in [-0.39, 0.29) is 0 Å². The second-order valence-electron chi connectivity index (χ2n) is 5.73. The van der Waals surface area contributed by atoms with Crippen molar-refractivity contribution in [3.8, 4) is 11.1 Å². The Labute approximate surface area is 117 Å². The van der Waals surface area contributed by atoms with Crippen LogP contribution < -0.4 is 5.32 Å². The number of halogens is 1. The lowest BCUT2D eigenvalue weighted by Gasteiger charge is -2.20. The molecule has 1 unspecified atom stereocenters. The summed E-state index contributed by atoms with van der Waals surface area (Å²) >= 11 is 0. The van der Waals surface area contributed by atoms with E-state index in [1.807, 2.05) is 18.2 Å². The fourth-order valence-corrected chi connectivity index (χ4v) is 3.59. The van der Waals surface area contributed by atoms with Gasteiger partial charge in [-0.15, -0.1) is 0 Å². The zero-order valence-corrected chi connectivity index (χ0v) is 11.1. The number of hydrogen-bond acceptors (Lipinski definition) is 3. The first-order valence-corrected chi connectivity index (χ1v) is 7.13. The van der Waals surface area contributed by atoms with E-state index in [1.54, 1.807) is 18.6 Å². The van der Waals surface area contributed by atoms with Crippen molar-refractivity contribution in [2.45, 2.75) is 37.3 Å². The molecule has 2 aliphatic rings. The van der Waals surface area contributed by atoms with Gasteiger partial charge in [0.1, 0.15) is 0 Å². The van der Waals surface area contributed by atoms with Crippen molar-refractivity contribution >= 4 is 0 Å². The van der Waals surface area contributed by atoms with Gasteiger partial charge in [0.15, 0.2) is 0 Å². The molecule has 0 aromatic carbocycles. The van der Waals surface area contributed by atoms with E-state index in [2.05, 4.69) is 15.3 Å². The average molecular weight is 269 g/mol. The van der Waals surface area contributed by atoms with Crippen LogP contribution in [0.2, 0.25) is 0 Å². The van der Waals surface area contributed by atoms with Crippen LogP contribution >= 0.6 is 0 Å².